The molecule has 0 spiro atoms. The average molecular weight is 497 g/mol. The monoisotopic (exact) mass is 496 g/mol. The molecule has 2 aromatic carbocycles. The van der Waals surface area contributed by atoms with Gasteiger partial charge in [0.05, 0.1) is 11.0 Å². The van der Waals surface area contributed by atoms with E-state index in [0.29, 0.717) is 0 Å². The van der Waals surface area contributed by atoms with Crippen molar-refractivity contribution in [2.24, 2.45) is 14.1 Å². The van der Waals surface area contributed by atoms with Crippen LogP contribution in [0.15, 0.2) is 47.3 Å². The van der Waals surface area contributed by atoms with E-state index in [9.17, 15) is 9.90 Å². The highest BCUT2D eigenvalue weighted by Gasteiger charge is 2.13. The number of nitrogens with one attached hydrogen (secondary N) is 1. The first kappa shape index (κ1) is 28.0. The van der Waals surface area contributed by atoms with Crippen molar-refractivity contribution < 1.29 is 9.84 Å². The predicted molar refractivity (Wildman–Crippen MR) is 148 cm³/mol. The van der Waals surface area contributed by atoms with E-state index >= 15 is 0 Å². The molecule has 3 rings (SSSR count). The Labute approximate surface area is 215 Å². The van der Waals surface area contributed by atoms with Gasteiger partial charge in [-0.25, -0.2) is 4.79 Å². The van der Waals surface area contributed by atoms with Crippen molar-refractivity contribution in [2.75, 3.05) is 32.8 Å². The number of aromatic nitrogens is 2. The molecular weight excluding hydrogens is 452 g/mol. The SMILES string of the molecule is CCCCN(CCCC)CCCNCc1ccc(OCC(O)c2ccc3c(c2)n(C)c(=O)n3C)cc1. The van der Waals surface area contributed by atoms with Crippen LogP contribution >= 0.6 is 0 Å². The Morgan fingerprint density at radius 2 is 1.56 bits per heavy atom. The van der Waals surface area contributed by atoms with E-state index in [-0.39, 0.29) is 12.3 Å². The van der Waals surface area contributed by atoms with Crippen LogP contribution in [0.3, 0.4) is 0 Å². The first-order valence-electron chi connectivity index (χ1n) is 13.4. The number of hydrogen-bond donors (Lipinski definition) is 2. The van der Waals surface area contributed by atoms with E-state index in [1.54, 1.807) is 23.2 Å². The molecule has 1 atom stereocenters. The van der Waals surface area contributed by atoms with Crippen molar-refractivity contribution in [1.82, 2.24) is 19.4 Å². The van der Waals surface area contributed by atoms with Gasteiger partial charge in [-0.3, -0.25) is 9.13 Å². The fourth-order valence-corrected chi connectivity index (χ4v) is 4.47. The lowest BCUT2D eigenvalue weighted by Crippen LogP contribution is -2.29. The molecule has 0 saturated heterocycles. The van der Waals surface area contributed by atoms with Crippen LogP contribution in [0.5, 0.6) is 5.75 Å². The van der Waals surface area contributed by atoms with E-state index in [1.807, 2.05) is 30.3 Å². The Bertz CT molecular complexity index is 1110. The largest absolute Gasteiger partial charge is 0.491 e. The minimum Gasteiger partial charge on any atom is -0.491 e. The van der Waals surface area contributed by atoms with Gasteiger partial charge in [-0.15, -0.1) is 0 Å². The maximum Gasteiger partial charge on any atom is 0.328 e. The van der Waals surface area contributed by atoms with Gasteiger partial charge in [-0.1, -0.05) is 44.9 Å². The van der Waals surface area contributed by atoms with Gasteiger partial charge < -0.3 is 20.1 Å². The lowest BCUT2D eigenvalue weighted by molar-refractivity contribution is 0.108. The smallest absolute Gasteiger partial charge is 0.328 e. The third-order valence-corrected chi connectivity index (χ3v) is 6.82. The number of benzene rings is 2. The summed E-state index contributed by atoms with van der Waals surface area (Å²) in [4.78, 5) is 14.7. The normalized spacial score (nSPS) is 12.5. The predicted octanol–water partition coefficient (Wildman–Crippen LogP) is 4.37. The zero-order chi connectivity index (χ0) is 25.9. The van der Waals surface area contributed by atoms with Crippen LogP contribution in [-0.2, 0) is 20.6 Å². The van der Waals surface area contributed by atoms with E-state index in [0.717, 1.165) is 48.4 Å². The van der Waals surface area contributed by atoms with Crippen molar-refractivity contribution in [2.45, 2.75) is 58.6 Å². The van der Waals surface area contributed by atoms with Gasteiger partial charge in [0, 0.05) is 20.6 Å². The first-order valence-corrected chi connectivity index (χ1v) is 13.4. The Morgan fingerprint density at radius 1 is 0.917 bits per heavy atom. The van der Waals surface area contributed by atoms with Gasteiger partial charge >= 0.3 is 5.69 Å². The molecule has 0 aliphatic carbocycles. The number of aryl methyl sites for hydroxylation is 2. The molecule has 1 heterocycles. The van der Waals surface area contributed by atoms with Crippen molar-refractivity contribution in [3.8, 4) is 5.75 Å². The highest BCUT2D eigenvalue weighted by Crippen LogP contribution is 2.21. The third-order valence-electron chi connectivity index (χ3n) is 6.82. The second-order valence-electron chi connectivity index (χ2n) is 9.70. The molecule has 0 aliphatic rings. The molecule has 0 aliphatic heterocycles. The van der Waals surface area contributed by atoms with Crippen LogP contribution in [0.1, 0.15) is 63.2 Å². The van der Waals surface area contributed by atoms with Gasteiger partial charge in [0.25, 0.3) is 0 Å². The van der Waals surface area contributed by atoms with Gasteiger partial charge in [0.15, 0.2) is 0 Å². The van der Waals surface area contributed by atoms with Crippen molar-refractivity contribution in [3.05, 3.63) is 64.1 Å². The minimum absolute atomic E-state index is 0.0802. The molecule has 7 nitrogen and oxygen atoms in total. The summed E-state index contributed by atoms with van der Waals surface area (Å²) in [5.41, 5.74) is 3.50. The molecule has 0 saturated carbocycles. The van der Waals surface area contributed by atoms with Crippen LogP contribution in [0.25, 0.3) is 11.0 Å². The highest BCUT2D eigenvalue weighted by atomic mass is 16.5. The molecule has 3 aromatic rings. The Kier molecular flexibility index (Phi) is 11.0. The van der Waals surface area contributed by atoms with Crippen LogP contribution < -0.4 is 15.7 Å². The van der Waals surface area contributed by atoms with E-state index in [1.165, 1.54) is 44.3 Å². The number of imidazole rings is 1. The summed E-state index contributed by atoms with van der Waals surface area (Å²) in [7, 11) is 3.49. The molecule has 1 aromatic heterocycles. The van der Waals surface area contributed by atoms with Crippen LogP contribution in [-0.4, -0.2) is 51.9 Å². The topological polar surface area (TPSA) is 71.7 Å². The molecular formula is C29H44N4O3. The van der Waals surface area contributed by atoms with Crippen molar-refractivity contribution >= 4 is 11.0 Å². The Balaban J connectivity index is 1.41. The Morgan fingerprint density at radius 3 is 2.22 bits per heavy atom. The fourth-order valence-electron chi connectivity index (χ4n) is 4.47. The third kappa shape index (κ3) is 7.69. The first-order chi connectivity index (χ1) is 17.4. The Hall–Kier alpha value is -2.61. The fraction of sp³-hybridized carbons (Fsp3) is 0.552. The van der Waals surface area contributed by atoms with Crippen molar-refractivity contribution in [3.63, 3.8) is 0 Å². The van der Waals surface area contributed by atoms with Gasteiger partial charge in [0.1, 0.15) is 18.5 Å². The van der Waals surface area contributed by atoms with Gasteiger partial charge in [-0.05, 0) is 80.8 Å². The number of rotatable bonds is 16. The lowest BCUT2D eigenvalue weighted by Gasteiger charge is -2.22. The number of fused-ring (bicyclic) bond motifs is 1. The number of aliphatic hydroxyl groups excluding tert-OH is 1. The molecule has 2 N–H and O–H groups in total. The maximum atomic E-state index is 12.1. The molecule has 0 fully saturated rings. The summed E-state index contributed by atoms with van der Waals surface area (Å²) in [6.07, 6.45) is 5.46. The zero-order valence-electron chi connectivity index (χ0n) is 22.5. The molecule has 1 unspecified atom stereocenters. The number of hydrogen-bond acceptors (Lipinski definition) is 5. The van der Waals surface area contributed by atoms with E-state index in [2.05, 4.69) is 36.2 Å². The van der Waals surface area contributed by atoms with E-state index < -0.39 is 6.10 Å². The maximum absolute atomic E-state index is 12.1. The van der Waals surface area contributed by atoms with Crippen molar-refractivity contribution in [1.29, 1.82) is 0 Å². The summed E-state index contributed by atoms with van der Waals surface area (Å²) in [5.74, 6) is 0.730. The number of aliphatic hydroxyl groups is 1. The average Bonchev–Trinajstić information content (AvgIpc) is 3.12. The summed E-state index contributed by atoms with van der Waals surface area (Å²) >= 11 is 0. The lowest BCUT2D eigenvalue weighted by atomic mass is 10.1. The van der Waals surface area contributed by atoms with Gasteiger partial charge in [0.2, 0.25) is 0 Å². The number of nitrogens with zero attached hydrogens (tertiary/aromatic N) is 3. The number of ether oxygens (including phenoxy) is 1. The minimum atomic E-state index is -0.778. The standard InChI is InChI=1S/C29H44N4O3/c1-5-7-17-33(18-8-6-2)19-9-16-30-21-23-10-13-25(14-11-23)36-22-28(34)24-12-15-26-27(20-24)32(4)29(35)31(26)3/h10-15,20,28,30,34H,5-9,16-19,21-22H2,1-4H3. The van der Waals surface area contributed by atoms with Crippen LogP contribution in [0.4, 0.5) is 0 Å². The quantitative estimate of drug-likeness (QED) is 0.288. The van der Waals surface area contributed by atoms with Gasteiger partial charge in [-0.2, -0.15) is 0 Å². The summed E-state index contributed by atoms with van der Waals surface area (Å²) in [5, 5.41) is 14.2. The zero-order valence-corrected chi connectivity index (χ0v) is 22.5. The summed E-state index contributed by atoms with van der Waals surface area (Å²) < 4.78 is 9.03. The molecule has 0 bridgehead atoms. The molecule has 36 heavy (non-hydrogen) atoms. The highest BCUT2D eigenvalue weighted by molar-refractivity contribution is 5.76. The second-order valence-corrected chi connectivity index (χ2v) is 9.70. The summed E-state index contributed by atoms with van der Waals surface area (Å²) in [6, 6.07) is 13.6. The number of unbranched alkanes of at least 4 members (excludes halogenated alkanes) is 2. The molecule has 0 amide bonds. The second kappa shape index (κ2) is 14.2. The molecule has 7 heteroatoms. The molecule has 198 valence electrons. The van der Waals surface area contributed by atoms with Crippen LogP contribution in [0.2, 0.25) is 0 Å². The van der Waals surface area contributed by atoms with Crippen LogP contribution in [0, 0.1) is 0 Å². The summed E-state index contributed by atoms with van der Waals surface area (Å²) in [6.45, 7) is 10.1. The van der Waals surface area contributed by atoms with E-state index in [4.69, 9.17) is 4.74 Å². The molecule has 0 radical (unpaired) electrons.